The Hall–Kier alpha value is 0.314. The van der Waals surface area contributed by atoms with Gasteiger partial charge in [0.15, 0.2) is 9.04 Å². The average Bonchev–Trinajstić information content (AvgIpc) is 2.89. The summed E-state index contributed by atoms with van der Waals surface area (Å²) >= 11 is 0. The smallest absolute Gasteiger partial charge is 0.318 e. The lowest BCUT2D eigenvalue weighted by atomic mass is 9.88. The molecule has 1 saturated carbocycles. The van der Waals surface area contributed by atoms with Crippen LogP contribution in [0.4, 0.5) is 0 Å². The summed E-state index contributed by atoms with van der Waals surface area (Å²) in [7, 11) is -3.07. The summed E-state index contributed by atoms with van der Waals surface area (Å²) in [5.41, 5.74) is 0. The predicted molar refractivity (Wildman–Crippen MR) is 67.8 cm³/mol. The first kappa shape index (κ1) is 12.8. The quantitative estimate of drug-likeness (QED) is 0.608. The molecule has 0 aromatic carbocycles. The number of fused-ring (bicyclic) bond motifs is 1. The highest BCUT2D eigenvalue weighted by atomic mass is 28.4. The normalized spacial score (nSPS) is 33.9. The Balaban J connectivity index is 1.63. The molecule has 0 aromatic rings. The lowest BCUT2D eigenvalue weighted by Crippen LogP contribution is -2.36. The molecule has 3 nitrogen and oxygen atoms in total. The fourth-order valence-electron chi connectivity index (χ4n) is 2.63. The van der Waals surface area contributed by atoms with Crippen LogP contribution in [-0.4, -0.2) is 34.6 Å². The standard InChI is InChI=1S/C11H23O3Si2/c1-15(14-16(2,3)12)7-6-9-4-5-10-11(8-9)13-10/h9-12H,4-8H2,1-3H3. The van der Waals surface area contributed by atoms with Gasteiger partial charge in [-0.2, -0.15) is 0 Å². The van der Waals surface area contributed by atoms with E-state index in [1.807, 2.05) is 13.1 Å². The first-order valence-corrected chi connectivity index (χ1v) is 11.3. The molecule has 5 heteroatoms. The van der Waals surface area contributed by atoms with E-state index in [-0.39, 0.29) is 0 Å². The van der Waals surface area contributed by atoms with Gasteiger partial charge in [-0.1, -0.05) is 6.42 Å². The molecule has 1 saturated heterocycles. The van der Waals surface area contributed by atoms with E-state index in [1.54, 1.807) is 0 Å². The van der Waals surface area contributed by atoms with Gasteiger partial charge in [-0.25, -0.2) is 0 Å². The monoisotopic (exact) mass is 259 g/mol. The van der Waals surface area contributed by atoms with Crippen molar-refractivity contribution >= 4 is 17.6 Å². The van der Waals surface area contributed by atoms with Crippen molar-refractivity contribution in [2.75, 3.05) is 0 Å². The van der Waals surface area contributed by atoms with Crippen LogP contribution in [0.2, 0.25) is 25.7 Å². The Bertz CT molecular complexity index is 242. The van der Waals surface area contributed by atoms with Crippen molar-refractivity contribution in [1.82, 2.24) is 0 Å². The van der Waals surface area contributed by atoms with Crippen molar-refractivity contribution in [3.8, 4) is 0 Å². The molecule has 1 aliphatic carbocycles. The summed E-state index contributed by atoms with van der Waals surface area (Å²) in [5, 5.41) is 0. The molecule has 0 spiro atoms. The highest BCUT2D eigenvalue weighted by Gasteiger charge is 2.43. The van der Waals surface area contributed by atoms with E-state index in [2.05, 4.69) is 6.55 Å². The molecule has 0 bridgehead atoms. The van der Waals surface area contributed by atoms with Crippen molar-refractivity contribution in [2.45, 2.75) is 63.6 Å². The minimum absolute atomic E-state index is 0.593. The summed E-state index contributed by atoms with van der Waals surface area (Å²) in [6.07, 6.45) is 6.33. The number of rotatable bonds is 5. The molecule has 0 amide bonds. The van der Waals surface area contributed by atoms with Crippen LogP contribution in [-0.2, 0) is 8.85 Å². The lowest BCUT2D eigenvalue weighted by Gasteiger charge is -2.23. The maximum absolute atomic E-state index is 9.70. The molecule has 1 radical (unpaired) electrons. The van der Waals surface area contributed by atoms with E-state index in [0.29, 0.717) is 12.2 Å². The third-order valence-electron chi connectivity index (χ3n) is 3.44. The molecule has 93 valence electrons. The summed E-state index contributed by atoms with van der Waals surface area (Å²) in [6.45, 7) is 5.88. The van der Waals surface area contributed by atoms with Crippen LogP contribution in [0, 0.1) is 5.92 Å². The zero-order valence-corrected chi connectivity index (χ0v) is 12.5. The predicted octanol–water partition coefficient (Wildman–Crippen LogP) is 2.28. The number of hydrogen-bond donors (Lipinski definition) is 1. The Morgan fingerprint density at radius 2 is 2.12 bits per heavy atom. The third-order valence-corrected chi connectivity index (χ3v) is 7.83. The first-order chi connectivity index (χ1) is 7.44. The van der Waals surface area contributed by atoms with Crippen LogP contribution < -0.4 is 0 Å². The molecule has 0 aromatic heterocycles. The van der Waals surface area contributed by atoms with Crippen molar-refractivity contribution < 1.29 is 13.6 Å². The van der Waals surface area contributed by atoms with Gasteiger partial charge in [-0.3, -0.25) is 0 Å². The van der Waals surface area contributed by atoms with Crippen LogP contribution >= 0.6 is 0 Å². The van der Waals surface area contributed by atoms with Crippen LogP contribution in [0.5, 0.6) is 0 Å². The van der Waals surface area contributed by atoms with Gasteiger partial charge in [-0.05, 0) is 50.9 Å². The van der Waals surface area contributed by atoms with Gasteiger partial charge in [0.25, 0.3) is 0 Å². The van der Waals surface area contributed by atoms with Gasteiger partial charge in [0.05, 0.1) is 12.2 Å². The number of epoxide rings is 1. The van der Waals surface area contributed by atoms with Crippen LogP contribution in [0.3, 0.4) is 0 Å². The highest BCUT2D eigenvalue weighted by Crippen LogP contribution is 2.41. The molecule has 3 unspecified atom stereocenters. The fraction of sp³-hybridized carbons (Fsp3) is 1.00. The number of ether oxygens (including phenoxy) is 1. The van der Waals surface area contributed by atoms with Crippen molar-refractivity contribution in [1.29, 1.82) is 0 Å². The fourth-order valence-corrected chi connectivity index (χ4v) is 7.27. The van der Waals surface area contributed by atoms with Crippen molar-refractivity contribution in [3.63, 3.8) is 0 Å². The minimum atomic E-state index is -2.29. The molecular weight excluding hydrogens is 236 g/mol. The molecule has 1 aliphatic heterocycles. The molecule has 16 heavy (non-hydrogen) atoms. The minimum Gasteiger partial charge on any atom is -0.436 e. The Kier molecular flexibility index (Phi) is 3.91. The van der Waals surface area contributed by atoms with E-state index in [4.69, 9.17) is 8.85 Å². The third kappa shape index (κ3) is 3.96. The number of hydrogen-bond acceptors (Lipinski definition) is 3. The van der Waals surface area contributed by atoms with Crippen LogP contribution in [0.15, 0.2) is 0 Å². The Morgan fingerprint density at radius 1 is 1.38 bits per heavy atom. The second kappa shape index (κ2) is 4.90. The van der Waals surface area contributed by atoms with Crippen molar-refractivity contribution in [2.24, 2.45) is 5.92 Å². The van der Waals surface area contributed by atoms with Crippen LogP contribution in [0.25, 0.3) is 0 Å². The van der Waals surface area contributed by atoms with E-state index in [9.17, 15) is 4.80 Å². The van der Waals surface area contributed by atoms with Gasteiger partial charge < -0.3 is 13.6 Å². The molecule has 2 aliphatic rings. The van der Waals surface area contributed by atoms with Gasteiger partial charge in [0.1, 0.15) is 0 Å². The maximum atomic E-state index is 9.70. The van der Waals surface area contributed by atoms with E-state index in [1.165, 1.54) is 31.7 Å². The van der Waals surface area contributed by atoms with E-state index >= 15 is 0 Å². The lowest BCUT2D eigenvalue weighted by molar-refractivity contribution is 0.352. The Labute approximate surface area is 101 Å². The molecule has 1 N–H and O–H groups in total. The summed E-state index contributed by atoms with van der Waals surface area (Å²) in [5.74, 6) is 0.843. The topological polar surface area (TPSA) is 42.0 Å². The molecule has 2 rings (SSSR count). The largest absolute Gasteiger partial charge is 0.436 e. The van der Waals surface area contributed by atoms with E-state index < -0.39 is 17.6 Å². The second-order valence-corrected chi connectivity index (χ2v) is 11.3. The maximum Gasteiger partial charge on any atom is 0.318 e. The zero-order chi connectivity index (χ0) is 11.8. The van der Waals surface area contributed by atoms with Crippen LogP contribution in [0.1, 0.15) is 25.7 Å². The van der Waals surface area contributed by atoms with Gasteiger partial charge in [-0.15, -0.1) is 0 Å². The molecule has 1 heterocycles. The highest BCUT2D eigenvalue weighted by molar-refractivity contribution is 6.72. The average molecular weight is 259 g/mol. The molecule has 3 atom stereocenters. The van der Waals surface area contributed by atoms with Crippen molar-refractivity contribution in [3.05, 3.63) is 0 Å². The zero-order valence-electron chi connectivity index (χ0n) is 10.5. The second-order valence-electron chi connectivity index (χ2n) is 5.68. The van der Waals surface area contributed by atoms with Gasteiger partial charge >= 0.3 is 8.56 Å². The SMILES string of the molecule is C[Si](CCC1CCC2OC2C1)O[Si](C)(C)O. The molecule has 2 fully saturated rings. The summed E-state index contributed by atoms with van der Waals surface area (Å²) < 4.78 is 11.3. The summed E-state index contributed by atoms with van der Waals surface area (Å²) in [4.78, 5) is 9.70. The molecular formula is C11H23O3Si2. The Morgan fingerprint density at radius 3 is 2.75 bits per heavy atom. The summed E-state index contributed by atoms with van der Waals surface area (Å²) in [6, 6.07) is 1.17. The van der Waals surface area contributed by atoms with Gasteiger partial charge in [0, 0.05) is 0 Å². The van der Waals surface area contributed by atoms with Gasteiger partial charge in [0.2, 0.25) is 0 Å². The first-order valence-electron chi connectivity index (χ1n) is 6.33. The van der Waals surface area contributed by atoms with E-state index in [0.717, 1.165) is 5.92 Å².